The van der Waals surface area contributed by atoms with Crippen molar-refractivity contribution in [3.63, 3.8) is 0 Å². The molecule has 0 unspecified atom stereocenters. The number of carbonyl (C=O) groups is 2. The van der Waals surface area contributed by atoms with Gasteiger partial charge < -0.3 is 10.4 Å². The number of aliphatic carboxylic acids is 1. The van der Waals surface area contributed by atoms with Gasteiger partial charge in [-0.3, -0.25) is 9.59 Å². The normalized spacial score (nSPS) is 16.2. The Hall–Kier alpha value is -1.49. The highest BCUT2D eigenvalue weighted by atomic mass is 32.2. The average molecular weight is 293 g/mol. The Bertz CT molecular complexity index is 512. The van der Waals surface area contributed by atoms with Gasteiger partial charge in [-0.25, -0.2) is 0 Å². The number of carboxylic acid groups (broad SMARTS) is 1. The summed E-state index contributed by atoms with van der Waals surface area (Å²) in [6.45, 7) is 0. The van der Waals surface area contributed by atoms with Crippen LogP contribution in [-0.2, 0) is 15.3 Å². The van der Waals surface area contributed by atoms with Crippen LogP contribution in [0, 0.1) is 5.41 Å². The zero-order valence-corrected chi connectivity index (χ0v) is 12.3. The first-order valence-corrected chi connectivity index (χ1v) is 8.07. The van der Waals surface area contributed by atoms with E-state index in [2.05, 4.69) is 5.32 Å². The summed E-state index contributed by atoms with van der Waals surface area (Å²) in [5.41, 5.74) is 1.01. The Morgan fingerprint density at radius 1 is 1.35 bits per heavy atom. The number of rotatable bonds is 6. The summed E-state index contributed by atoms with van der Waals surface area (Å²) in [7, 11) is 0. The van der Waals surface area contributed by atoms with Gasteiger partial charge in [0.15, 0.2) is 0 Å². The second-order valence-electron chi connectivity index (χ2n) is 5.25. The van der Waals surface area contributed by atoms with Gasteiger partial charge in [0.05, 0.1) is 5.41 Å². The van der Waals surface area contributed by atoms with Gasteiger partial charge in [-0.05, 0) is 30.7 Å². The minimum atomic E-state index is -0.851. The Labute approximate surface area is 123 Å². The van der Waals surface area contributed by atoms with Crippen LogP contribution in [0.3, 0.4) is 0 Å². The molecule has 1 saturated carbocycles. The quantitative estimate of drug-likeness (QED) is 0.845. The average Bonchev–Trinajstić information content (AvgIpc) is 2.36. The zero-order valence-electron chi connectivity index (χ0n) is 11.5. The smallest absolute Gasteiger partial charge is 0.310 e. The van der Waals surface area contributed by atoms with Crippen molar-refractivity contribution in [1.29, 1.82) is 0 Å². The lowest BCUT2D eigenvalue weighted by molar-refractivity contribution is -0.157. The Balaban J connectivity index is 2.03. The largest absolute Gasteiger partial charge is 0.481 e. The SMILES string of the molecule is CSCc1ccccc1NC(=O)CC1(C(=O)O)CCC1. The van der Waals surface area contributed by atoms with Crippen molar-refractivity contribution in [2.45, 2.75) is 31.4 Å². The maximum Gasteiger partial charge on any atom is 0.310 e. The minimum Gasteiger partial charge on any atom is -0.481 e. The summed E-state index contributed by atoms with van der Waals surface area (Å²) in [6, 6.07) is 7.64. The number of hydrogen-bond donors (Lipinski definition) is 2. The van der Waals surface area contributed by atoms with E-state index in [1.807, 2.05) is 30.5 Å². The minimum absolute atomic E-state index is 0.0654. The van der Waals surface area contributed by atoms with Crippen LogP contribution < -0.4 is 5.32 Å². The van der Waals surface area contributed by atoms with Crippen LogP contribution >= 0.6 is 11.8 Å². The Kier molecular flexibility index (Phi) is 4.70. The summed E-state index contributed by atoms with van der Waals surface area (Å²) in [4.78, 5) is 23.4. The van der Waals surface area contributed by atoms with Gasteiger partial charge in [0.1, 0.15) is 0 Å². The lowest BCUT2D eigenvalue weighted by Gasteiger charge is -2.36. The van der Waals surface area contributed by atoms with E-state index in [4.69, 9.17) is 0 Å². The molecule has 5 heteroatoms. The summed E-state index contributed by atoms with van der Waals surface area (Å²) in [5.74, 6) is -0.238. The first-order valence-electron chi connectivity index (χ1n) is 6.67. The van der Waals surface area contributed by atoms with Gasteiger partial charge in [-0.15, -0.1) is 0 Å². The number of carbonyl (C=O) groups excluding carboxylic acids is 1. The highest BCUT2D eigenvalue weighted by Crippen LogP contribution is 2.44. The molecule has 1 aliphatic carbocycles. The van der Waals surface area contributed by atoms with E-state index in [1.54, 1.807) is 11.8 Å². The van der Waals surface area contributed by atoms with Gasteiger partial charge in [-0.1, -0.05) is 24.6 Å². The lowest BCUT2D eigenvalue weighted by atomic mass is 9.66. The number of anilines is 1. The molecule has 0 heterocycles. The van der Waals surface area contributed by atoms with Crippen molar-refractivity contribution < 1.29 is 14.7 Å². The summed E-state index contributed by atoms with van der Waals surface area (Å²) < 4.78 is 0. The van der Waals surface area contributed by atoms with Gasteiger partial charge in [0.2, 0.25) is 5.91 Å². The van der Waals surface area contributed by atoms with E-state index in [-0.39, 0.29) is 12.3 Å². The molecule has 20 heavy (non-hydrogen) atoms. The van der Waals surface area contributed by atoms with E-state index in [0.717, 1.165) is 23.4 Å². The first-order chi connectivity index (χ1) is 9.57. The molecule has 108 valence electrons. The third-order valence-corrected chi connectivity index (χ3v) is 4.45. The van der Waals surface area contributed by atoms with Crippen LogP contribution in [0.4, 0.5) is 5.69 Å². The van der Waals surface area contributed by atoms with Crippen LogP contribution in [0.5, 0.6) is 0 Å². The second kappa shape index (κ2) is 6.31. The van der Waals surface area contributed by atoms with Gasteiger partial charge in [-0.2, -0.15) is 11.8 Å². The van der Waals surface area contributed by atoms with Crippen LogP contribution in [0.1, 0.15) is 31.2 Å². The van der Waals surface area contributed by atoms with E-state index in [1.165, 1.54) is 0 Å². The fourth-order valence-electron chi connectivity index (χ4n) is 2.50. The van der Waals surface area contributed by atoms with E-state index in [9.17, 15) is 14.7 Å². The summed E-state index contributed by atoms with van der Waals surface area (Å²) in [5, 5.41) is 12.1. The van der Waals surface area contributed by atoms with Crippen molar-refractivity contribution in [2.24, 2.45) is 5.41 Å². The number of thioether (sulfide) groups is 1. The zero-order chi connectivity index (χ0) is 14.6. The number of hydrogen-bond acceptors (Lipinski definition) is 3. The van der Waals surface area contributed by atoms with Gasteiger partial charge >= 0.3 is 5.97 Å². The fraction of sp³-hybridized carbons (Fsp3) is 0.467. The van der Waals surface area contributed by atoms with Gasteiger partial charge in [0, 0.05) is 17.9 Å². The molecule has 0 aromatic heterocycles. The number of benzene rings is 1. The van der Waals surface area contributed by atoms with Crippen molar-refractivity contribution >= 4 is 29.3 Å². The van der Waals surface area contributed by atoms with Gasteiger partial charge in [0.25, 0.3) is 0 Å². The maximum absolute atomic E-state index is 12.1. The topological polar surface area (TPSA) is 66.4 Å². The molecule has 4 nitrogen and oxygen atoms in total. The van der Waals surface area contributed by atoms with Crippen molar-refractivity contribution in [3.8, 4) is 0 Å². The van der Waals surface area contributed by atoms with Crippen LogP contribution in [0.15, 0.2) is 24.3 Å². The molecule has 1 amide bonds. The molecule has 1 aromatic rings. The van der Waals surface area contributed by atoms with Crippen molar-refractivity contribution in [3.05, 3.63) is 29.8 Å². The Morgan fingerprint density at radius 2 is 2.05 bits per heavy atom. The monoisotopic (exact) mass is 293 g/mol. The highest BCUT2D eigenvalue weighted by molar-refractivity contribution is 7.97. The molecule has 0 aliphatic heterocycles. The maximum atomic E-state index is 12.1. The molecule has 2 N–H and O–H groups in total. The third kappa shape index (κ3) is 3.15. The molecular weight excluding hydrogens is 274 g/mol. The molecule has 0 bridgehead atoms. The molecule has 1 aromatic carbocycles. The number of amides is 1. The lowest BCUT2D eigenvalue weighted by Crippen LogP contribution is -2.41. The summed E-state index contributed by atoms with van der Waals surface area (Å²) in [6.07, 6.45) is 4.16. The molecule has 0 atom stereocenters. The molecule has 0 radical (unpaired) electrons. The van der Waals surface area contributed by atoms with Crippen molar-refractivity contribution in [2.75, 3.05) is 11.6 Å². The summed E-state index contributed by atoms with van der Waals surface area (Å²) >= 11 is 1.68. The molecule has 2 rings (SSSR count). The highest BCUT2D eigenvalue weighted by Gasteiger charge is 2.45. The molecular formula is C15H19NO3S. The van der Waals surface area contributed by atoms with E-state index in [0.29, 0.717) is 12.8 Å². The third-order valence-electron chi connectivity index (χ3n) is 3.85. The van der Waals surface area contributed by atoms with Crippen LogP contribution in [0.25, 0.3) is 0 Å². The predicted molar refractivity (Wildman–Crippen MR) is 80.8 cm³/mol. The molecule has 0 spiro atoms. The fourth-order valence-corrected chi connectivity index (χ4v) is 3.06. The van der Waals surface area contributed by atoms with E-state index < -0.39 is 11.4 Å². The van der Waals surface area contributed by atoms with E-state index >= 15 is 0 Å². The standard InChI is InChI=1S/C15H19NO3S/c1-20-10-11-5-2-3-6-12(11)16-13(17)9-15(14(18)19)7-4-8-15/h2-3,5-6H,4,7-10H2,1H3,(H,16,17)(H,18,19). The van der Waals surface area contributed by atoms with Crippen LogP contribution in [-0.4, -0.2) is 23.2 Å². The number of nitrogens with one attached hydrogen (secondary N) is 1. The van der Waals surface area contributed by atoms with Crippen molar-refractivity contribution in [1.82, 2.24) is 0 Å². The second-order valence-corrected chi connectivity index (χ2v) is 6.12. The number of para-hydroxylation sites is 1. The Morgan fingerprint density at radius 3 is 2.60 bits per heavy atom. The molecule has 1 aliphatic rings. The first kappa shape index (κ1) is 14.9. The van der Waals surface area contributed by atoms with Crippen LogP contribution in [0.2, 0.25) is 0 Å². The molecule has 0 saturated heterocycles. The molecule has 1 fully saturated rings. The predicted octanol–water partition coefficient (Wildman–Crippen LogP) is 3.13. The number of carboxylic acids is 1.